The molecule has 1 saturated carbocycles. The van der Waals surface area contributed by atoms with Crippen LogP contribution in [-0.2, 0) is 32.8 Å². The summed E-state index contributed by atoms with van der Waals surface area (Å²) in [5.74, 6) is -3.52. The highest BCUT2D eigenvalue weighted by Crippen LogP contribution is 2.43. The molecule has 0 unspecified atom stereocenters. The predicted octanol–water partition coefficient (Wildman–Crippen LogP) is 5.95. The number of hydrogen-bond acceptors (Lipinski definition) is 5. The van der Waals surface area contributed by atoms with Crippen LogP contribution >= 0.6 is 0 Å². The average Bonchev–Trinajstić information content (AvgIpc) is 3.28. The molecular weight excluding hydrogens is 597 g/mol. The minimum absolute atomic E-state index is 0.0785. The van der Waals surface area contributed by atoms with E-state index >= 15 is 0 Å². The first-order chi connectivity index (χ1) is 20.7. The zero-order chi connectivity index (χ0) is 32.0. The molecule has 232 valence electrons. The molecule has 1 aliphatic carbocycles. The molecule has 0 radical (unpaired) electrons. The van der Waals surface area contributed by atoms with E-state index in [0.717, 1.165) is 39.9 Å². The van der Waals surface area contributed by atoms with Gasteiger partial charge in [-0.25, -0.2) is 13.4 Å². The molecule has 13 heteroatoms. The molecular formula is C31H31F3N4O5S. The van der Waals surface area contributed by atoms with Crippen molar-refractivity contribution in [2.45, 2.75) is 43.2 Å². The highest BCUT2D eigenvalue weighted by molar-refractivity contribution is 7.92. The minimum Gasteiger partial charge on any atom is -0.481 e. The maximum atomic E-state index is 13.4. The van der Waals surface area contributed by atoms with E-state index in [1.165, 1.54) is 19.2 Å². The van der Waals surface area contributed by atoms with Crippen molar-refractivity contribution in [2.75, 3.05) is 16.7 Å². The zero-order valence-electron chi connectivity index (χ0n) is 24.2. The standard InChI is InChI=1S/C31H31F3N4O5S/c1-18-35-26-17-23(15-16-27(26)37(18)2)44(42,43)38(3)22-13-7-19(8-14-22)24-5-4-6-25(28(24)30(40)41)29(39)36-21-11-9-20(10-12-21)31(32,33)34/h7-17,24-25,28H,4-6H2,1-3H3,(H,36,39)(H,40,41)/t24-,25-,28-/m1/s1. The van der Waals surface area contributed by atoms with Gasteiger partial charge in [0.25, 0.3) is 10.0 Å². The summed E-state index contributed by atoms with van der Waals surface area (Å²) in [4.78, 5) is 30.1. The fourth-order valence-corrected chi connectivity index (χ4v) is 7.09. The Bertz CT molecular complexity index is 1820. The number of nitrogens with one attached hydrogen (secondary N) is 1. The third-order valence-corrected chi connectivity index (χ3v) is 10.2. The summed E-state index contributed by atoms with van der Waals surface area (Å²) in [6, 6.07) is 15.3. The fourth-order valence-electron chi connectivity index (χ4n) is 5.88. The van der Waals surface area contributed by atoms with Crippen molar-refractivity contribution in [1.82, 2.24) is 9.55 Å². The predicted molar refractivity (Wildman–Crippen MR) is 159 cm³/mol. The second-order valence-corrected chi connectivity index (χ2v) is 13.0. The number of aliphatic carboxylic acids is 1. The van der Waals surface area contributed by atoms with Gasteiger partial charge in [0, 0.05) is 19.8 Å². The van der Waals surface area contributed by atoms with E-state index in [0.29, 0.717) is 36.0 Å². The van der Waals surface area contributed by atoms with Crippen molar-refractivity contribution in [3.63, 3.8) is 0 Å². The van der Waals surface area contributed by atoms with Gasteiger partial charge in [0.05, 0.1) is 39.0 Å². The summed E-state index contributed by atoms with van der Waals surface area (Å²) in [6.07, 6.45) is -3.16. The number of carboxylic acids is 1. The molecule has 1 aliphatic rings. The molecule has 0 aliphatic heterocycles. The highest BCUT2D eigenvalue weighted by atomic mass is 32.2. The SMILES string of the molecule is Cc1nc2cc(S(=O)(=O)N(C)c3ccc([C@H]4CCC[C@@H](C(=O)Nc5ccc(C(F)(F)F)cc5)[C@@H]4C(=O)O)cc3)ccc2n1C. The number of anilines is 2. The Labute approximate surface area is 252 Å². The molecule has 44 heavy (non-hydrogen) atoms. The summed E-state index contributed by atoms with van der Waals surface area (Å²) in [5, 5.41) is 12.7. The van der Waals surface area contributed by atoms with Gasteiger partial charge in [-0.15, -0.1) is 0 Å². The first-order valence-corrected chi connectivity index (χ1v) is 15.4. The maximum Gasteiger partial charge on any atom is 0.416 e. The molecule has 1 heterocycles. The van der Waals surface area contributed by atoms with Gasteiger partial charge in [-0.3, -0.25) is 13.9 Å². The van der Waals surface area contributed by atoms with Crippen LogP contribution < -0.4 is 9.62 Å². The number of imidazole rings is 1. The number of rotatable bonds is 7. The quantitative estimate of drug-likeness (QED) is 0.261. The normalized spacial score (nSPS) is 19.1. The maximum absolute atomic E-state index is 13.4. The topological polar surface area (TPSA) is 122 Å². The number of aryl methyl sites for hydroxylation is 2. The molecule has 9 nitrogen and oxygen atoms in total. The van der Waals surface area contributed by atoms with Crippen LogP contribution in [0.3, 0.4) is 0 Å². The van der Waals surface area contributed by atoms with Crippen LogP contribution in [0.2, 0.25) is 0 Å². The van der Waals surface area contributed by atoms with Gasteiger partial charge in [0.15, 0.2) is 0 Å². The molecule has 5 rings (SSSR count). The summed E-state index contributed by atoms with van der Waals surface area (Å²) in [6.45, 7) is 1.83. The van der Waals surface area contributed by atoms with E-state index in [9.17, 15) is 36.3 Å². The van der Waals surface area contributed by atoms with Crippen LogP contribution in [0.1, 0.15) is 42.1 Å². The number of carbonyl (C=O) groups is 2. The molecule has 0 saturated heterocycles. The summed E-state index contributed by atoms with van der Waals surface area (Å²) in [5.41, 5.74) is 1.65. The van der Waals surface area contributed by atoms with E-state index in [1.807, 2.05) is 18.5 Å². The number of fused-ring (bicyclic) bond motifs is 1. The number of hydrogen-bond donors (Lipinski definition) is 2. The molecule has 1 fully saturated rings. The number of alkyl halides is 3. The van der Waals surface area contributed by atoms with Crippen LogP contribution in [0.4, 0.5) is 24.5 Å². The number of aromatic nitrogens is 2. The van der Waals surface area contributed by atoms with Crippen molar-refractivity contribution in [2.24, 2.45) is 18.9 Å². The molecule has 4 aromatic rings. The van der Waals surface area contributed by atoms with Crippen LogP contribution in [0, 0.1) is 18.8 Å². The number of halogens is 3. The zero-order valence-corrected chi connectivity index (χ0v) is 25.0. The van der Waals surface area contributed by atoms with Crippen molar-refractivity contribution < 1.29 is 36.3 Å². The van der Waals surface area contributed by atoms with E-state index in [2.05, 4.69) is 10.3 Å². The highest BCUT2D eigenvalue weighted by Gasteiger charge is 2.43. The Morgan fingerprint density at radius 2 is 1.68 bits per heavy atom. The Hall–Kier alpha value is -4.39. The molecule has 1 amide bonds. The van der Waals surface area contributed by atoms with E-state index in [-0.39, 0.29) is 10.6 Å². The molecule has 3 aromatic carbocycles. The van der Waals surface area contributed by atoms with Crippen molar-refractivity contribution >= 4 is 44.3 Å². The van der Waals surface area contributed by atoms with E-state index in [4.69, 9.17) is 0 Å². The molecule has 3 atom stereocenters. The van der Waals surface area contributed by atoms with Crippen LogP contribution in [0.5, 0.6) is 0 Å². The van der Waals surface area contributed by atoms with Gasteiger partial charge in [-0.05, 0) is 85.8 Å². The monoisotopic (exact) mass is 628 g/mol. The lowest BCUT2D eigenvalue weighted by Crippen LogP contribution is -2.40. The summed E-state index contributed by atoms with van der Waals surface area (Å²) in [7, 11) is -0.655. The van der Waals surface area contributed by atoms with Gasteiger partial charge >= 0.3 is 12.1 Å². The van der Waals surface area contributed by atoms with E-state index < -0.39 is 51.4 Å². The average molecular weight is 629 g/mol. The van der Waals surface area contributed by atoms with Gasteiger partial charge in [0.1, 0.15) is 5.82 Å². The number of sulfonamides is 1. The summed E-state index contributed by atoms with van der Waals surface area (Å²) >= 11 is 0. The van der Waals surface area contributed by atoms with Gasteiger partial charge in [-0.2, -0.15) is 13.2 Å². The Balaban J connectivity index is 1.34. The largest absolute Gasteiger partial charge is 0.481 e. The number of benzene rings is 3. The van der Waals surface area contributed by atoms with Crippen molar-refractivity contribution in [3.8, 4) is 0 Å². The molecule has 0 bridgehead atoms. The molecule has 2 N–H and O–H groups in total. The van der Waals surface area contributed by atoms with Crippen molar-refractivity contribution in [1.29, 1.82) is 0 Å². The summed E-state index contributed by atoms with van der Waals surface area (Å²) < 4.78 is 68.6. The number of nitrogens with zero attached hydrogens (tertiary/aromatic N) is 3. The second-order valence-electron chi connectivity index (χ2n) is 11.0. The van der Waals surface area contributed by atoms with Crippen molar-refractivity contribution in [3.05, 3.63) is 83.7 Å². The lowest BCUT2D eigenvalue weighted by Gasteiger charge is -2.35. The van der Waals surface area contributed by atoms with Crippen LogP contribution in [-0.4, -0.2) is 42.0 Å². The number of carboxylic acid groups (broad SMARTS) is 1. The van der Waals surface area contributed by atoms with Crippen LogP contribution in [0.25, 0.3) is 11.0 Å². The lowest BCUT2D eigenvalue weighted by molar-refractivity contribution is -0.148. The number of amides is 1. The fraction of sp³-hybridized carbons (Fsp3) is 0.323. The first-order valence-electron chi connectivity index (χ1n) is 13.9. The van der Waals surface area contributed by atoms with Crippen LogP contribution in [0.15, 0.2) is 71.6 Å². The Kier molecular flexibility index (Phi) is 8.19. The smallest absolute Gasteiger partial charge is 0.416 e. The second kappa shape index (κ2) is 11.6. The number of carbonyl (C=O) groups excluding carboxylic acids is 1. The molecule has 1 aromatic heterocycles. The molecule has 0 spiro atoms. The lowest BCUT2D eigenvalue weighted by atomic mass is 9.69. The van der Waals surface area contributed by atoms with Gasteiger partial charge in [0.2, 0.25) is 5.91 Å². The minimum atomic E-state index is -4.52. The third kappa shape index (κ3) is 5.88. The first kappa shape index (κ1) is 31.0. The van der Waals surface area contributed by atoms with Gasteiger partial charge < -0.3 is 15.0 Å². The van der Waals surface area contributed by atoms with Gasteiger partial charge in [-0.1, -0.05) is 18.6 Å². The van der Waals surface area contributed by atoms with E-state index in [1.54, 1.807) is 30.3 Å². The Morgan fingerprint density at radius 1 is 1.02 bits per heavy atom. The Morgan fingerprint density at radius 3 is 2.30 bits per heavy atom. The third-order valence-electron chi connectivity index (χ3n) is 8.42.